The Labute approximate surface area is 98.0 Å². The van der Waals surface area contributed by atoms with Gasteiger partial charge < -0.3 is 5.73 Å². The van der Waals surface area contributed by atoms with Crippen LogP contribution < -0.4 is 5.73 Å². The van der Waals surface area contributed by atoms with Crippen molar-refractivity contribution in [2.45, 2.75) is 24.0 Å². The minimum Gasteiger partial charge on any atom is -0.323 e. The summed E-state index contributed by atoms with van der Waals surface area (Å²) >= 11 is 13.9. The number of nitrogens with two attached hydrogens (primary N) is 1. The van der Waals surface area contributed by atoms with Crippen LogP contribution in [-0.2, 0) is 5.75 Å². The Bertz CT molecular complexity index is 367. The maximum Gasteiger partial charge on any atom is 0.0636 e. The topological polar surface area (TPSA) is 26.0 Å². The van der Waals surface area contributed by atoms with Gasteiger partial charge >= 0.3 is 0 Å². The van der Waals surface area contributed by atoms with Gasteiger partial charge in [0.05, 0.1) is 10.0 Å². The van der Waals surface area contributed by atoms with Gasteiger partial charge in [0.25, 0.3) is 0 Å². The molecule has 0 saturated heterocycles. The molecule has 0 spiro atoms. The number of benzene rings is 1. The highest BCUT2D eigenvalue weighted by Gasteiger charge is 2.25. The van der Waals surface area contributed by atoms with E-state index in [1.165, 1.54) is 0 Å². The molecule has 1 aliphatic heterocycles. The minimum absolute atomic E-state index is 0.0681. The molecule has 0 fully saturated rings. The average molecular weight is 248 g/mol. The maximum atomic E-state index is 6.12. The van der Waals surface area contributed by atoms with Gasteiger partial charge in [-0.3, -0.25) is 0 Å². The third-order valence-electron chi connectivity index (χ3n) is 2.59. The smallest absolute Gasteiger partial charge is 0.0636 e. The second kappa shape index (κ2) is 3.93. The van der Waals surface area contributed by atoms with Crippen LogP contribution in [0.4, 0.5) is 0 Å². The Morgan fingerprint density at radius 3 is 2.86 bits per heavy atom. The van der Waals surface area contributed by atoms with Gasteiger partial charge in [0, 0.05) is 17.0 Å². The number of thioether (sulfide) groups is 1. The summed E-state index contributed by atoms with van der Waals surface area (Å²) in [7, 11) is 0. The summed E-state index contributed by atoms with van der Waals surface area (Å²) in [5.41, 5.74) is 8.34. The maximum absolute atomic E-state index is 6.12. The van der Waals surface area contributed by atoms with Gasteiger partial charge in [-0.25, -0.2) is 0 Å². The number of halogens is 2. The zero-order chi connectivity index (χ0) is 10.3. The molecule has 76 valence electrons. The van der Waals surface area contributed by atoms with Crippen molar-refractivity contribution < 1.29 is 0 Å². The molecule has 2 unspecified atom stereocenters. The molecule has 0 amide bonds. The number of hydrogen-bond acceptors (Lipinski definition) is 2. The Morgan fingerprint density at radius 1 is 1.43 bits per heavy atom. The molecule has 14 heavy (non-hydrogen) atoms. The lowest BCUT2D eigenvalue weighted by atomic mass is 9.99. The highest BCUT2D eigenvalue weighted by molar-refractivity contribution is 7.99. The molecule has 0 saturated carbocycles. The lowest BCUT2D eigenvalue weighted by Gasteiger charge is -2.28. The van der Waals surface area contributed by atoms with Crippen LogP contribution in [0, 0.1) is 0 Å². The van der Waals surface area contributed by atoms with Gasteiger partial charge in [0.15, 0.2) is 0 Å². The van der Waals surface area contributed by atoms with Crippen molar-refractivity contribution in [3.8, 4) is 0 Å². The van der Waals surface area contributed by atoms with E-state index >= 15 is 0 Å². The second-order valence-corrected chi connectivity index (χ2v) is 5.62. The molecule has 0 bridgehead atoms. The molecule has 1 heterocycles. The highest BCUT2D eigenvalue weighted by Crippen LogP contribution is 2.41. The minimum atomic E-state index is 0.0681. The molecule has 1 nitrogen and oxygen atoms in total. The normalized spacial score (nSPS) is 26.0. The fourth-order valence-corrected chi connectivity index (χ4v) is 3.23. The van der Waals surface area contributed by atoms with Crippen LogP contribution in [0.1, 0.15) is 24.1 Å². The Morgan fingerprint density at radius 2 is 2.14 bits per heavy atom. The van der Waals surface area contributed by atoms with E-state index in [9.17, 15) is 0 Å². The summed E-state index contributed by atoms with van der Waals surface area (Å²) in [6, 6.07) is 3.88. The summed E-state index contributed by atoms with van der Waals surface area (Å²) in [5, 5.41) is 1.73. The van der Waals surface area contributed by atoms with Gasteiger partial charge in [-0.2, -0.15) is 11.8 Å². The largest absolute Gasteiger partial charge is 0.323 e. The van der Waals surface area contributed by atoms with Crippen LogP contribution in [0.2, 0.25) is 10.0 Å². The van der Waals surface area contributed by atoms with Crippen molar-refractivity contribution >= 4 is 35.0 Å². The quantitative estimate of drug-likeness (QED) is 0.758. The first-order valence-electron chi connectivity index (χ1n) is 4.45. The molecule has 2 N–H and O–H groups in total. The van der Waals surface area contributed by atoms with Crippen LogP contribution in [0.15, 0.2) is 12.1 Å². The number of fused-ring (bicyclic) bond motifs is 1. The van der Waals surface area contributed by atoms with E-state index in [1.807, 2.05) is 23.9 Å². The number of hydrogen-bond donors (Lipinski definition) is 1. The van der Waals surface area contributed by atoms with Crippen molar-refractivity contribution in [2.75, 3.05) is 0 Å². The lowest BCUT2D eigenvalue weighted by Crippen LogP contribution is -2.26. The van der Waals surface area contributed by atoms with Gasteiger partial charge in [-0.1, -0.05) is 36.2 Å². The van der Waals surface area contributed by atoms with Crippen molar-refractivity contribution in [1.82, 2.24) is 0 Å². The second-order valence-electron chi connectivity index (χ2n) is 3.47. The highest BCUT2D eigenvalue weighted by atomic mass is 35.5. The van der Waals surface area contributed by atoms with E-state index in [1.54, 1.807) is 0 Å². The Balaban J connectivity index is 2.53. The van der Waals surface area contributed by atoms with E-state index in [0.29, 0.717) is 15.3 Å². The molecule has 0 radical (unpaired) electrons. The van der Waals surface area contributed by atoms with Crippen LogP contribution >= 0.6 is 35.0 Å². The van der Waals surface area contributed by atoms with Gasteiger partial charge in [-0.15, -0.1) is 0 Å². The zero-order valence-corrected chi connectivity index (χ0v) is 10.1. The Hall–Kier alpha value is 0.110. The average Bonchev–Trinajstić information content (AvgIpc) is 2.17. The van der Waals surface area contributed by atoms with E-state index in [2.05, 4.69) is 6.92 Å². The standard InChI is InChI=1S/C10H11Cl2NS/c1-5-10(13)6-2-3-8(11)9(12)7(6)4-14-5/h2-3,5,10H,4,13H2,1H3. The van der Waals surface area contributed by atoms with E-state index in [4.69, 9.17) is 28.9 Å². The predicted molar refractivity (Wildman–Crippen MR) is 64.1 cm³/mol. The van der Waals surface area contributed by atoms with Gasteiger partial charge in [0.2, 0.25) is 0 Å². The van der Waals surface area contributed by atoms with E-state index < -0.39 is 0 Å². The molecule has 1 aromatic carbocycles. The summed E-state index contributed by atoms with van der Waals surface area (Å²) in [5.74, 6) is 0.906. The zero-order valence-electron chi connectivity index (χ0n) is 7.76. The van der Waals surface area contributed by atoms with Gasteiger partial charge in [-0.05, 0) is 17.2 Å². The first kappa shape index (κ1) is 10.6. The molecular formula is C10H11Cl2NS. The van der Waals surface area contributed by atoms with Crippen molar-refractivity contribution in [1.29, 1.82) is 0 Å². The summed E-state index contributed by atoms with van der Waals surface area (Å²) in [6.07, 6.45) is 0. The molecule has 4 heteroatoms. The van der Waals surface area contributed by atoms with Crippen LogP contribution in [0.3, 0.4) is 0 Å². The van der Waals surface area contributed by atoms with Crippen LogP contribution in [0.25, 0.3) is 0 Å². The molecule has 0 aromatic heterocycles. The van der Waals surface area contributed by atoms with E-state index in [0.717, 1.165) is 16.9 Å². The molecule has 1 aliphatic rings. The van der Waals surface area contributed by atoms with Crippen molar-refractivity contribution in [3.05, 3.63) is 33.3 Å². The molecular weight excluding hydrogens is 237 g/mol. The first-order valence-corrected chi connectivity index (χ1v) is 6.25. The van der Waals surface area contributed by atoms with Crippen LogP contribution in [0.5, 0.6) is 0 Å². The monoisotopic (exact) mass is 247 g/mol. The predicted octanol–water partition coefficient (Wildman–Crippen LogP) is 3.63. The fraction of sp³-hybridized carbons (Fsp3) is 0.400. The Kier molecular flexibility index (Phi) is 2.98. The lowest BCUT2D eigenvalue weighted by molar-refractivity contribution is 0.698. The third kappa shape index (κ3) is 1.65. The SMILES string of the molecule is CC1SCc2c(ccc(Cl)c2Cl)C1N. The fourth-order valence-electron chi connectivity index (χ4n) is 1.64. The first-order chi connectivity index (χ1) is 6.61. The molecule has 1 aromatic rings. The summed E-state index contributed by atoms with van der Waals surface area (Å²) < 4.78 is 0. The summed E-state index contributed by atoms with van der Waals surface area (Å²) in [6.45, 7) is 2.14. The third-order valence-corrected chi connectivity index (χ3v) is 4.71. The summed E-state index contributed by atoms with van der Waals surface area (Å²) in [4.78, 5) is 0. The van der Waals surface area contributed by atoms with Crippen LogP contribution in [-0.4, -0.2) is 5.25 Å². The van der Waals surface area contributed by atoms with Crippen molar-refractivity contribution in [3.63, 3.8) is 0 Å². The number of rotatable bonds is 0. The molecule has 2 rings (SSSR count). The molecule has 0 aliphatic carbocycles. The van der Waals surface area contributed by atoms with E-state index in [-0.39, 0.29) is 6.04 Å². The van der Waals surface area contributed by atoms with Crippen molar-refractivity contribution in [2.24, 2.45) is 5.73 Å². The molecule has 2 atom stereocenters. The van der Waals surface area contributed by atoms with Gasteiger partial charge in [0.1, 0.15) is 0 Å².